The number of halogens is 2. The van der Waals surface area contributed by atoms with Crippen LogP contribution in [0.3, 0.4) is 0 Å². The second kappa shape index (κ2) is 5.45. The number of piperidine rings is 1. The number of hydrogen-bond acceptors (Lipinski definition) is 2. The largest absolute Gasteiger partial charge is 0.338 e. The number of carbonyl (C=O) groups is 1. The van der Waals surface area contributed by atoms with Crippen molar-refractivity contribution in [3.63, 3.8) is 0 Å². The predicted octanol–water partition coefficient (Wildman–Crippen LogP) is 3.51. The van der Waals surface area contributed by atoms with Crippen molar-refractivity contribution >= 4 is 29.1 Å². The van der Waals surface area contributed by atoms with Crippen molar-refractivity contribution in [1.29, 1.82) is 0 Å². The molecule has 2 atom stereocenters. The minimum Gasteiger partial charge on any atom is -0.338 e. The van der Waals surface area contributed by atoms with Crippen molar-refractivity contribution in [3.8, 4) is 0 Å². The fraction of sp³-hybridized carbons (Fsp3) is 0.538. The van der Waals surface area contributed by atoms with Crippen LogP contribution in [-0.2, 0) is 0 Å². The average Bonchev–Trinajstić information content (AvgIpc) is 2.35. The van der Waals surface area contributed by atoms with E-state index in [9.17, 15) is 4.79 Å². The van der Waals surface area contributed by atoms with Gasteiger partial charge in [0.2, 0.25) is 0 Å². The molecule has 1 aliphatic heterocycles. The Kier molecular flexibility index (Phi) is 4.13. The van der Waals surface area contributed by atoms with Gasteiger partial charge in [0.25, 0.3) is 5.91 Å². The Hall–Kier alpha value is -0.800. The summed E-state index contributed by atoms with van der Waals surface area (Å²) in [5, 5.41) is 0.551. The van der Waals surface area contributed by atoms with Crippen molar-refractivity contribution in [1.82, 2.24) is 9.88 Å². The molecule has 0 N–H and O–H groups in total. The molecule has 1 fully saturated rings. The zero-order valence-electron chi connectivity index (χ0n) is 10.5. The van der Waals surface area contributed by atoms with E-state index in [1.54, 1.807) is 6.07 Å². The first-order valence-electron chi connectivity index (χ1n) is 6.09. The van der Waals surface area contributed by atoms with Gasteiger partial charge in [-0.3, -0.25) is 4.79 Å². The lowest BCUT2D eigenvalue weighted by Gasteiger charge is -2.35. The van der Waals surface area contributed by atoms with Gasteiger partial charge in [0.05, 0.1) is 10.6 Å². The van der Waals surface area contributed by atoms with Crippen LogP contribution in [0.2, 0.25) is 10.2 Å². The number of nitrogens with zero attached hydrogens (tertiary/aromatic N) is 2. The van der Waals surface area contributed by atoms with Crippen LogP contribution >= 0.6 is 23.2 Å². The molecule has 1 amide bonds. The molecule has 1 aromatic heterocycles. The van der Waals surface area contributed by atoms with E-state index in [0.717, 1.165) is 19.5 Å². The Morgan fingerprint density at radius 1 is 1.39 bits per heavy atom. The smallest absolute Gasteiger partial charge is 0.255 e. The monoisotopic (exact) mass is 286 g/mol. The van der Waals surface area contributed by atoms with Crippen molar-refractivity contribution in [2.24, 2.45) is 11.8 Å². The van der Waals surface area contributed by atoms with E-state index in [1.165, 1.54) is 6.20 Å². The topological polar surface area (TPSA) is 33.2 Å². The third-order valence-corrected chi connectivity index (χ3v) is 4.35. The molecule has 0 aromatic carbocycles. The number of carbonyl (C=O) groups excluding carboxylic acids is 1. The molecule has 0 aliphatic carbocycles. The standard InChI is InChI=1S/C13H16Cl2N2O/c1-8-3-4-17(7-9(8)2)13(18)10-5-11(14)12(15)16-6-10/h5-6,8-9H,3-4,7H2,1-2H3. The van der Waals surface area contributed by atoms with Crippen LogP contribution in [-0.4, -0.2) is 28.9 Å². The molecular weight excluding hydrogens is 271 g/mol. The fourth-order valence-corrected chi connectivity index (χ4v) is 2.44. The van der Waals surface area contributed by atoms with E-state index in [0.29, 0.717) is 22.4 Å². The molecule has 1 aromatic rings. The summed E-state index contributed by atoms with van der Waals surface area (Å²) in [4.78, 5) is 18.1. The first-order chi connectivity index (χ1) is 8.49. The normalized spacial score (nSPS) is 24.1. The number of aromatic nitrogens is 1. The molecular formula is C13H16Cl2N2O. The van der Waals surface area contributed by atoms with Crippen LogP contribution in [0.5, 0.6) is 0 Å². The van der Waals surface area contributed by atoms with E-state index in [-0.39, 0.29) is 11.1 Å². The van der Waals surface area contributed by atoms with E-state index >= 15 is 0 Å². The Balaban J connectivity index is 2.14. The maximum absolute atomic E-state index is 12.3. The molecule has 3 nitrogen and oxygen atoms in total. The minimum absolute atomic E-state index is 0.0141. The van der Waals surface area contributed by atoms with E-state index in [2.05, 4.69) is 18.8 Å². The number of amides is 1. The van der Waals surface area contributed by atoms with Crippen molar-refractivity contribution < 1.29 is 4.79 Å². The lowest BCUT2D eigenvalue weighted by Crippen LogP contribution is -2.42. The summed E-state index contributed by atoms with van der Waals surface area (Å²) >= 11 is 11.6. The summed E-state index contributed by atoms with van der Waals surface area (Å²) in [7, 11) is 0. The Labute approximate surface area is 117 Å². The molecule has 98 valence electrons. The Morgan fingerprint density at radius 2 is 2.11 bits per heavy atom. The molecule has 2 rings (SSSR count). The van der Waals surface area contributed by atoms with Crippen molar-refractivity contribution in [2.75, 3.05) is 13.1 Å². The first kappa shape index (κ1) is 13.6. The molecule has 0 radical (unpaired) electrons. The van der Waals surface area contributed by atoms with Gasteiger partial charge in [0.1, 0.15) is 5.15 Å². The molecule has 1 aliphatic rings. The summed E-state index contributed by atoms with van der Waals surface area (Å²) in [6, 6.07) is 1.59. The SMILES string of the molecule is CC1CCN(C(=O)c2cnc(Cl)c(Cl)c2)CC1C. The highest BCUT2D eigenvalue weighted by atomic mass is 35.5. The molecule has 0 bridgehead atoms. The van der Waals surface area contributed by atoms with Gasteiger partial charge in [-0.15, -0.1) is 0 Å². The molecule has 18 heavy (non-hydrogen) atoms. The highest BCUT2D eigenvalue weighted by Crippen LogP contribution is 2.25. The number of pyridine rings is 1. The summed E-state index contributed by atoms with van der Waals surface area (Å²) < 4.78 is 0. The number of likely N-dealkylation sites (tertiary alicyclic amines) is 1. The van der Waals surface area contributed by atoms with E-state index in [1.807, 2.05) is 4.90 Å². The number of hydrogen-bond donors (Lipinski definition) is 0. The quantitative estimate of drug-likeness (QED) is 0.741. The van der Waals surface area contributed by atoms with Crippen molar-refractivity contribution in [3.05, 3.63) is 28.0 Å². The van der Waals surface area contributed by atoms with Crippen LogP contribution in [0.25, 0.3) is 0 Å². The third kappa shape index (κ3) is 2.78. The van der Waals surface area contributed by atoms with Crippen LogP contribution in [0, 0.1) is 11.8 Å². The third-order valence-electron chi connectivity index (χ3n) is 3.66. The molecule has 1 saturated heterocycles. The van der Waals surface area contributed by atoms with Gasteiger partial charge >= 0.3 is 0 Å². The zero-order valence-corrected chi connectivity index (χ0v) is 12.0. The highest BCUT2D eigenvalue weighted by molar-refractivity contribution is 6.41. The van der Waals surface area contributed by atoms with Gasteiger partial charge in [-0.05, 0) is 24.3 Å². The van der Waals surface area contributed by atoms with Gasteiger partial charge in [0, 0.05) is 19.3 Å². The molecule has 0 spiro atoms. The maximum atomic E-state index is 12.3. The van der Waals surface area contributed by atoms with Gasteiger partial charge < -0.3 is 4.90 Å². The van der Waals surface area contributed by atoms with E-state index in [4.69, 9.17) is 23.2 Å². The summed E-state index contributed by atoms with van der Waals surface area (Å²) in [6.07, 6.45) is 2.53. The highest BCUT2D eigenvalue weighted by Gasteiger charge is 2.26. The Morgan fingerprint density at radius 3 is 2.72 bits per heavy atom. The lowest BCUT2D eigenvalue weighted by molar-refractivity contribution is 0.0627. The lowest BCUT2D eigenvalue weighted by atomic mass is 9.88. The van der Waals surface area contributed by atoms with E-state index < -0.39 is 0 Å². The second-order valence-corrected chi connectivity index (χ2v) is 5.76. The van der Waals surface area contributed by atoms with Gasteiger partial charge in [0.15, 0.2) is 0 Å². The summed E-state index contributed by atoms with van der Waals surface area (Å²) in [6.45, 7) is 6.00. The van der Waals surface area contributed by atoms with Crippen molar-refractivity contribution in [2.45, 2.75) is 20.3 Å². The van der Waals surface area contributed by atoms with Crippen LogP contribution in [0.1, 0.15) is 30.6 Å². The minimum atomic E-state index is -0.0141. The summed E-state index contributed by atoms with van der Waals surface area (Å²) in [5.74, 6) is 1.18. The van der Waals surface area contributed by atoms with Gasteiger partial charge in [-0.2, -0.15) is 0 Å². The summed E-state index contributed by atoms with van der Waals surface area (Å²) in [5.41, 5.74) is 0.506. The molecule has 0 saturated carbocycles. The van der Waals surface area contributed by atoms with Crippen LogP contribution in [0.15, 0.2) is 12.3 Å². The fourth-order valence-electron chi connectivity index (χ4n) is 2.17. The molecule has 2 unspecified atom stereocenters. The van der Waals surface area contributed by atoms with Gasteiger partial charge in [-0.1, -0.05) is 37.0 Å². The zero-order chi connectivity index (χ0) is 13.3. The Bertz CT molecular complexity index is 464. The van der Waals surface area contributed by atoms with Crippen LogP contribution < -0.4 is 0 Å². The molecule has 5 heteroatoms. The predicted molar refractivity (Wildman–Crippen MR) is 73.1 cm³/mol. The first-order valence-corrected chi connectivity index (χ1v) is 6.85. The van der Waals surface area contributed by atoms with Gasteiger partial charge in [-0.25, -0.2) is 4.98 Å². The molecule has 2 heterocycles. The number of rotatable bonds is 1. The second-order valence-electron chi connectivity index (χ2n) is 4.99. The van der Waals surface area contributed by atoms with Crippen LogP contribution in [0.4, 0.5) is 0 Å². The maximum Gasteiger partial charge on any atom is 0.255 e. The average molecular weight is 287 g/mol.